The SMILES string of the molecule is C#CCOc1c(Cl)cc(/C=c2\sc3n(c2=O)[C@H](c2ccc(OC(C)C)c(OC)c2)C(C(=O)OCC)=C(C)N=3)cc1OC. The van der Waals surface area contributed by atoms with Crippen molar-refractivity contribution in [2.45, 2.75) is 39.8 Å². The smallest absolute Gasteiger partial charge is 0.338 e. The zero-order chi connectivity index (χ0) is 30.6. The van der Waals surface area contributed by atoms with Gasteiger partial charge in [-0.25, -0.2) is 9.79 Å². The monoisotopic (exact) mass is 610 g/mol. The van der Waals surface area contributed by atoms with Gasteiger partial charge in [-0.1, -0.05) is 34.9 Å². The summed E-state index contributed by atoms with van der Waals surface area (Å²) in [6.07, 6.45) is 6.92. The highest BCUT2D eigenvalue weighted by Crippen LogP contribution is 2.38. The highest BCUT2D eigenvalue weighted by molar-refractivity contribution is 7.07. The van der Waals surface area contributed by atoms with Gasteiger partial charge in [-0.15, -0.1) is 6.42 Å². The largest absolute Gasteiger partial charge is 0.493 e. The second-order valence-electron chi connectivity index (χ2n) is 9.41. The number of nitrogens with zero attached hydrogens (tertiary/aromatic N) is 2. The molecule has 0 amide bonds. The number of allylic oxidation sites excluding steroid dienone is 1. The van der Waals surface area contributed by atoms with Crippen LogP contribution in [0.15, 0.2) is 51.4 Å². The molecule has 2 aromatic carbocycles. The molecule has 11 heteroatoms. The molecule has 220 valence electrons. The Morgan fingerprint density at radius 2 is 1.93 bits per heavy atom. The Labute approximate surface area is 252 Å². The summed E-state index contributed by atoms with van der Waals surface area (Å²) in [5, 5.41) is 0.276. The van der Waals surface area contributed by atoms with Gasteiger partial charge in [-0.3, -0.25) is 9.36 Å². The molecule has 1 atom stereocenters. The van der Waals surface area contributed by atoms with Gasteiger partial charge in [0.25, 0.3) is 5.56 Å². The normalized spacial score (nSPS) is 14.6. The Morgan fingerprint density at radius 3 is 2.57 bits per heavy atom. The third kappa shape index (κ3) is 6.17. The molecule has 1 aromatic heterocycles. The van der Waals surface area contributed by atoms with Crippen LogP contribution in [0.4, 0.5) is 0 Å². The highest BCUT2D eigenvalue weighted by Gasteiger charge is 2.34. The van der Waals surface area contributed by atoms with Gasteiger partial charge in [0.15, 0.2) is 27.8 Å². The number of hydrogen-bond acceptors (Lipinski definition) is 9. The first-order valence-electron chi connectivity index (χ1n) is 13.1. The number of carbonyl (C=O) groups is 1. The molecule has 9 nitrogen and oxygen atoms in total. The minimum atomic E-state index is -0.817. The lowest BCUT2D eigenvalue weighted by Gasteiger charge is -2.25. The first-order chi connectivity index (χ1) is 20.1. The molecule has 2 heterocycles. The molecule has 1 aliphatic heterocycles. The number of rotatable bonds is 10. The fourth-order valence-electron chi connectivity index (χ4n) is 4.54. The zero-order valence-corrected chi connectivity index (χ0v) is 25.7. The Bertz CT molecular complexity index is 1760. The van der Waals surface area contributed by atoms with Crippen molar-refractivity contribution in [3.05, 3.63) is 77.4 Å². The van der Waals surface area contributed by atoms with Crippen LogP contribution >= 0.6 is 22.9 Å². The maximum Gasteiger partial charge on any atom is 0.338 e. The standard InChI is InChI=1S/C31H31ClN2O7S/c1-8-12-40-28-21(32)13-19(14-24(28)38-7)15-25-29(35)34-27(20-10-11-22(41-17(3)4)23(16-20)37-6)26(30(36)39-9-2)18(5)33-31(34)42-25/h1,10-11,13-17,27H,9,12H2,2-7H3/b25-15-/t27-/m1/s1. The van der Waals surface area contributed by atoms with Crippen molar-refractivity contribution < 1.29 is 28.5 Å². The molecule has 0 saturated carbocycles. The predicted octanol–water partition coefficient (Wildman–Crippen LogP) is 4.27. The summed E-state index contributed by atoms with van der Waals surface area (Å²) in [6, 6.07) is 7.86. The van der Waals surface area contributed by atoms with Crippen LogP contribution in [0.25, 0.3) is 6.08 Å². The summed E-state index contributed by atoms with van der Waals surface area (Å²) in [7, 11) is 3.02. The summed E-state index contributed by atoms with van der Waals surface area (Å²) in [6.45, 7) is 7.46. The van der Waals surface area contributed by atoms with Gasteiger partial charge in [0.1, 0.15) is 6.61 Å². The summed E-state index contributed by atoms with van der Waals surface area (Å²) in [5.41, 5.74) is 1.60. The van der Waals surface area contributed by atoms with Crippen LogP contribution in [0.1, 0.15) is 44.9 Å². The average Bonchev–Trinajstić information content (AvgIpc) is 3.25. The number of halogens is 1. The Morgan fingerprint density at radius 1 is 1.19 bits per heavy atom. The van der Waals surface area contributed by atoms with E-state index in [1.807, 2.05) is 13.8 Å². The van der Waals surface area contributed by atoms with Crippen molar-refractivity contribution in [1.82, 2.24) is 4.57 Å². The van der Waals surface area contributed by atoms with Crippen molar-refractivity contribution in [3.8, 4) is 35.3 Å². The number of terminal acetylenes is 1. The van der Waals surface area contributed by atoms with Gasteiger partial charge in [0.05, 0.1) is 53.8 Å². The molecule has 0 bridgehead atoms. The summed E-state index contributed by atoms with van der Waals surface area (Å²) in [5.74, 6) is 3.53. The number of thiazole rings is 1. The third-order valence-electron chi connectivity index (χ3n) is 6.23. The lowest BCUT2D eigenvalue weighted by Crippen LogP contribution is -2.40. The molecule has 0 aliphatic carbocycles. The van der Waals surface area contributed by atoms with Crippen molar-refractivity contribution in [3.63, 3.8) is 0 Å². The van der Waals surface area contributed by atoms with Gasteiger partial charge in [-0.2, -0.15) is 0 Å². The van der Waals surface area contributed by atoms with Gasteiger partial charge < -0.3 is 23.7 Å². The number of benzene rings is 2. The van der Waals surface area contributed by atoms with E-state index in [9.17, 15) is 9.59 Å². The number of hydrogen-bond donors (Lipinski definition) is 0. The second-order valence-corrected chi connectivity index (χ2v) is 10.8. The van der Waals surface area contributed by atoms with E-state index in [0.29, 0.717) is 49.2 Å². The van der Waals surface area contributed by atoms with Crippen LogP contribution < -0.4 is 33.8 Å². The lowest BCUT2D eigenvalue weighted by molar-refractivity contribution is -0.139. The molecule has 1 aliphatic rings. The number of aromatic nitrogens is 1. The van der Waals surface area contributed by atoms with Crippen molar-refractivity contribution in [2.75, 3.05) is 27.4 Å². The summed E-state index contributed by atoms with van der Waals surface area (Å²) < 4.78 is 29.7. The van der Waals surface area contributed by atoms with E-state index in [1.54, 1.807) is 50.3 Å². The fraction of sp³-hybridized carbons (Fsp3) is 0.323. The number of fused-ring (bicyclic) bond motifs is 1. The van der Waals surface area contributed by atoms with E-state index in [2.05, 4.69) is 10.9 Å². The van der Waals surface area contributed by atoms with Crippen LogP contribution in [-0.4, -0.2) is 44.1 Å². The Kier molecular flexibility index (Phi) is 9.66. The topological polar surface area (TPSA) is 97.6 Å². The van der Waals surface area contributed by atoms with E-state index in [-0.39, 0.29) is 35.5 Å². The van der Waals surface area contributed by atoms with Crippen LogP contribution in [-0.2, 0) is 9.53 Å². The maximum absolute atomic E-state index is 14.0. The van der Waals surface area contributed by atoms with Gasteiger partial charge in [0, 0.05) is 0 Å². The highest BCUT2D eigenvalue weighted by atomic mass is 35.5. The number of ether oxygens (including phenoxy) is 5. The van der Waals surface area contributed by atoms with E-state index in [1.165, 1.54) is 30.1 Å². The lowest BCUT2D eigenvalue weighted by atomic mass is 9.95. The Balaban J connectivity index is 1.92. The van der Waals surface area contributed by atoms with E-state index < -0.39 is 12.0 Å². The molecule has 0 radical (unpaired) electrons. The van der Waals surface area contributed by atoms with Crippen LogP contribution in [0.2, 0.25) is 5.02 Å². The van der Waals surface area contributed by atoms with Crippen LogP contribution in [0, 0.1) is 12.3 Å². The van der Waals surface area contributed by atoms with E-state index >= 15 is 0 Å². The van der Waals surface area contributed by atoms with Gasteiger partial charge in [0.2, 0.25) is 0 Å². The maximum atomic E-state index is 14.0. The summed E-state index contributed by atoms with van der Waals surface area (Å²) >= 11 is 7.65. The molecule has 4 rings (SSSR count). The quantitative estimate of drug-likeness (QED) is 0.250. The molecule has 0 unspecified atom stereocenters. The molecule has 3 aromatic rings. The van der Waals surface area contributed by atoms with Gasteiger partial charge in [-0.05, 0) is 69.2 Å². The molecule has 0 N–H and O–H groups in total. The number of esters is 1. The van der Waals surface area contributed by atoms with E-state index in [0.717, 1.165) is 0 Å². The first-order valence-corrected chi connectivity index (χ1v) is 14.3. The predicted molar refractivity (Wildman–Crippen MR) is 161 cm³/mol. The van der Waals surface area contributed by atoms with Gasteiger partial charge >= 0.3 is 5.97 Å². The molecular weight excluding hydrogens is 580 g/mol. The molecule has 0 fully saturated rings. The number of methoxy groups -OCH3 is 2. The third-order valence-corrected chi connectivity index (χ3v) is 7.50. The zero-order valence-electron chi connectivity index (χ0n) is 24.1. The molecule has 0 saturated heterocycles. The molecule has 0 spiro atoms. The average molecular weight is 611 g/mol. The van der Waals surface area contributed by atoms with Crippen LogP contribution in [0.5, 0.6) is 23.0 Å². The van der Waals surface area contributed by atoms with Crippen molar-refractivity contribution >= 4 is 35.0 Å². The first kappa shape index (κ1) is 30.8. The Hall–Kier alpha value is -4.20. The van der Waals surface area contributed by atoms with Crippen LogP contribution in [0.3, 0.4) is 0 Å². The molecular formula is C31H31ClN2O7S. The summed E-state index contributed by atoms with van der Waals surface area (Å²) in [4.78, 5) is 32.3. The second kappa shape index (κ2) is 13.2. The minimum absolute atomic E-state index is 0.0194. The van der Waals surface area contributed by atoms with Crippen molar-refractivity contribution in [1.29, 1.82) is 0 Å². The molecule has 42 heavy (non-hydrogen) atoms. The minimum Gasteiger partial charge on any atom is -0.493 e. The fourth-order valence-corrected chi connectivity index (χ4v) is 5.86. The number of carbonyl (C=O) groups excluding carboxylic acids is 1. The van der Waals surface area contributed by atoms with E-state index in [4.69, 9.17) is 41.7 Å². The van der Waals surface area contributed by atoms with Crippen molar-refractivity contribution in [2.24, 2.45) is 4.99 Å².